The van der Waals surface area contributed by atoms with Gasteiger partial charge in [0.15, 0.2) is 0 Å². The zero-order chi connectivity index (χ0) is 23.6. The maximum atomic E-state index is 12.6. The number of carbonyl (C=O) groups is 3. The van der Waals surface area contributed by atoms with Gasteiger partial charge >= 0.3 is 6.09 Å². The van der Waals surface area contributed by atoms with Gasteiger partial charge in [0.05, 0.1) is 0 Å². The van der Waals surface area contributed by atoms with Crippen molar-refractivity contribution in [1.29, 1.82) is 0 Å². The van der Waals surface area contributed by atoms with Gasteiger partial charge in [-0.1, -0.05) is 49.0 Å². The number of ether oxygens (including phenoxy) is 1. The summed E-state index contributed by atoms with van der Waals surface area (Å²) in [5.41, 5.74) is 2.75. The number of hydrogen-bond donors (Lipinski definition) is 3. The standard InChI is InChI=1S/C25H31N3O4/c1-5-22(29)27-17-20-8-6-7-9-21(20)23(30)28-16-19-12-10-18(11-13-19)14-15-26-24(31)32-25(2,3)4/h5-13H,1,14-17H2,2-4H3,(H,26,31)(H,27,29)(H,28,30). The summed E-state index contributed by atoms with van der Waals surface area (Å²) < 4.78 is 5.21. The molecular formula is C25H31N3O4. The Labute approximate surface area is 189 Å². The monoisotopic (exact) mass is 437 g/mol. The summed E-state index contributed by atoms with van der Waals surface area (Å²) in [6, 6.07) is 15.0. The first-order valence-corrected chi connectivity index (χ1v) is 10.5. The molecule has 7 heteroatoms. The van der Waals surface area contributed by atoms with E-state index in [4.69, 9.17) is 4.74 Å². The number of rotatable bonds is 9. The maximum absolute atomic E-state index is 12.6. The molecule has 0 spiro atoms. The van der Waals surface area contributed by atoms with Crippen LogP contribution in [0, 0.1) is 0 Å². The third-order valence-corrected chi connectivity index (χ3v) is 4.46. The molecule has 0 aliphatic heterocycles. The summed E-state index contributed by atoms with van der Waals surface area (Å²) in [5, 5.41) is 8.34. The molecule has 3 N–H and O–H groups in total. The second-order valence-corrected chi connectivity index (χ2v) is 8.26. The highest BCUT2D eigenvalue weighted by Gasteiger charge is 2.15. The Morgan fingerprint density at radius 2 is 1.56 bits per heavy atom. The third kappa shape index (κ3) is 8.63. The quantitative estimate of drug-likeness (QED) is 0.523. The van der Waals surface area contributed by atoms with Gasteiger partial charge in [-0.05, 0) is 56.0 Å². The number of carbonyl (C=O) groups excluding carboxylic acids is 3. The molecule has 0 aromatic heterocycles. The van der Waals surface area contributed by atoms with Crippen molar-refractivity contribution in [2.24, 2.45) is 0 Å². The van der Waals surface area contributed by atoms with Gasteiger partial charge in [0, 0.05) is 25.2 Å². The second-order valence-electron chi connectivity index (χ2n) is 8.26. The van der Waals surface area contributed by atoms with Gasteiger partial charge < -0.3 is 20.7 Å². The average Bonchev–Trinajstić information content (AvgIpc) is 2.75. The minimum atomic E-state index is -0.518. The zero-order valence-electron chi connectivity index (χ0n) is 18.9. The molecule has 0 aliphatic rings. The molecule has 0 heterocycles. The van der Waals surface area contributed by atoms with E-state index in [9.17, 15) is 14.4 Å². The number of benzene rings is 2. The van der Waals surface area contributed by atoms with Crippen molar-refractivity contribution >= 4 is 17.9 Å². The summed E-state index contributed by atoms with van der Waals surface area (Å²) >= 11 is 0. The van der Waals surface area contributed by atoms with E-state index in [-0.39, 0.29) is 18.4 Å². The first-order valence-electron chi connectivity index (χ1n) is 10.5. The smallest absolute Gasteiger partial charge is 0.407 e. The molecule has 0 atom stereocenters. The van der Waals surface area contributed by atoms with Crippen LogP contribution in [0.2, 0.25) is 0 Å². The lowest BCUT2D eigenvalue weighted by atomic mass is 10.1. The topological polar surface area (TPSA) is 96.5 Å². The Morgan fingerprint density at radius 3 is 2.22 bits per heavy atom. The Hall–Kier alpha value is -3.61. The van der Waals surface area contributed by atoms with Crippen LogP contribution in [0.4, 0.5) is 4.79 Å². The van der Waals surface area contributed by atoms with Gasteiger partial charge in [0.2, 0.25) is 5.91 Å². The number of nitrogens with one attached hydrogen (secondary N) is 3. The molecule has 0 aliphatic carbocycles. The van der Waals surface area contributed by atoms with E-state index in [0.717, 1.165) is 16.7 Å². The van der Waals surface area contributed by atoms with Crippen molar-refractivity contribution in [3.05, 3.63) is 83.4 Å². The van der Waals surface area contributed by atoms with Gasteiger partial charge in [-0.2, -0.15) is 0 Å². The molecule has 170 valence electrons. The van der Waals surface area contributed by atoms with Crippen molar-refractivity contribution in [2.75, 3.05) is 6.54 Å². The SMILES string of the molecule is C=CC(=O)NCc1ccccc1C(=O)NCc1ccc(CCNC(=O)OC(C)(C)C)cc1. The van der Waals surface area contributed by atoms with E-state index in [1.807, 2.05) is 51.1 Å². The van der Waals surface area contributed by atoms with E-state index in [1.54, 1.807) is 18.2 Å². The average molecular weight is 438 g/mol. The predicted molar refractivity (Wildman–Crippen MR) is 124 cm³/mol. The van der Waals surface area contributed by atoms with Gasteiger partial charge in [-0.25, -0.2) is 4.79 Å². The molecule has 0 saturated carbocycles. The molecule has 7 nitrogen and oxygen atoms in total. The highest BCUT2D eigenvalue weighted by molar-refractivity contribution is 5.96. The molecule has 0 saturated heterocycles. The van der Waals surface area contributed by atoms with Crippen LogP contribution in [0.1, 0.15) is 47.8 Å². The van der Waals surface area contributed by atoms with Crippen LogP contribution >= 0.6 is 0 Å². The van der Waals surface area contributed by atoms with E-state index in [2.05, 4.69) is 22.5 Å². The molecular weight excluding hydrogens is 406 g/mol. The highest BCUT2D eigenvalue weighted by Crippen LogP contribution is 2.10. The fourth-order valence-electron chi connectivity index (χ4n) is 2.87. The molecule has 32 heavy (non-hydrogen) atoms. The van der Waals surface area contributed by atoms with Crippen molar-refractivity contribution in [1.82, 2.24) is 16.0 Å². The summed E-state index contributed by atoms with van der Waals surface area (Å²) in [6.45, 7) is 9.99. The lowest BCUT2D eigenvalue weighted by Gasteiger charge is -2.19. The fourth-order valence-corrected chi connectivity index (χ4v) is 2.87. The number of amides is 3. The van der Waals surface area contributed by atoms with Crippen LogP contribution in [0.3, 0.4) is 0 Å². The van der Waals surface area contributed by atoms with E-state index < -0.39 is 11.7 Å². The van der Waals surface area contributed by atoms with Crippen LogP contribution < -0.4 is 16.0 Å². The van der Waals surface area contributed by atoms with E-state index in [1.165, 1.54) is 6.08 Å². The minimum Gasteiger partial charge on any atom is -0.444 e. The minimum absolute atomic E-state index is 0.209. The Balaban J connectivity index is 1.83. The normalized spacial score (nSPS) is 10.7. The Morgan fingerprint density at radius 1 is 0.906 bits per heavy atom. The van der Waals surface area contributed by atoms with Crippen LogP contribution in [0.25, 0.3) is 0 Å². The predicted octanol–water partition coefficient (Wildman–Crippen LogP) is 3.49. The van der Waals surface area contributed by atoms with Crippen LogP contribution in [0.15, 0.2) is 61.2 Å². The largest absolute Gasteiger partial charge is 0.444 e. The first-order chi connectivity index (χ1) is 15.2. The van der Waals surface area contributed by atoms with Crippen molar-refractivity contribution < 1.29 is 19.1 Å². The zero-order valence-corrected chi connectivity index (χ0v) is 18.9. The molecule has 0 fully saturated rings. The van der Waals surface area contributed by atoms with E-state index >= 15 is 0 Å². The second kappa shape index (κ2) is 11.7. The first kappa shape index (κ1) is 24.7. The van der Waals surface area contributed by atoms with Crippen LogP contribution in [-0.2, 0) is 29.0 Å². The molecule has 2 rings (SSSR count). The lowest BCUT2D eigenvalue weighted by Crippen LogP contribution is -2.33. The molecule has 2 aromatic rings. The summed E-state index contributed by atoms with van der Waals surface area (Å²) in [6.07, 6.45) is 1.44. The van der Waals surface area contributed by atoms with Crippen LogP contribution in [-0.4, -0.2) is 30.1 Å². The van der Waals surface area contributed by atoms with Crippen molar-refractivity contribution in [2.45, 2.75) is 45.9 Å². The van der Waals surface area contributed by atoms with Gasteiger partial charge in [-0.15, -0.1) is 0 Å². The van der Waals surface area contributed by atoms with Gasteiger partial charge in [-0.3, -0.25) is 9.59 Å². The number of hydrogen-bond acceptors (Lipinski definition) is 4. The summed E-state index contributed by atoms with van der Waals surface area (Å²) in [4.78, 5) is 35.7. The van der Waals surface area contributed by atoms with Gasteiger partial charge in [0.25, 0.3) is 5.91 Å². The molecule has 3 amide bonds. The lowest BCUT2D eigenvalue weighted by molar-refractivity contribution is -0.116. The fraction of sp³-hybridized carbons (Fsp3) is 0.320. The molecule has 0 bridgehead atoms. The summed E-state index contributed by atoms with van der Waals surface area (Å²) in [5.74, 6) is -0.499. The van der Waals surface area contributed by atoms with Gasteiger partial charge in [0.1, 0.15) is 5.60 Å². The van der Waals surface area contributed by atoms with Crippen LogP contribution in [0.5, 0.6) is 0 Å². The van der Waals surface area contributed by atoms with Crippen molar-refractivity contribution in [3.8, 4) is 0 Å². The molecule has 0 unspecified atom stereocenters. The molecule has 2 aromatic carbocycles. The summed E-state index contributed by atoms with van der Waals surface area (Å²) in [7, 11) is 0. The highest BCUT2D eigenvalue weighted by atomic mass is 16.6. The number of alkyl carbamates (subject to hydrolysis) is 1. The van der Waals surface area contributed by atoms with E-state index in [0.29, 0.717) is 25.1 Å². The maximum Gasteiger partial charge on any atom is 0.407 e. The Bertz CT molecular complexity index is 946. The van der Waals surface area contributed by atoms with Crippen molar-refractivity contribution in [3.63, 3.8) is 0 Å². The Kier molecular flexibility index (Phi) is 9.01. The molecule has 0 radical (unpaired) electrons. The third-order valence-electron chi connectivity index (χ3n) is 4.46.